The van der Waals surface area contributed by atoms with Crippen LogP contribution in [-0.4, -0.2) is 18.2 Å². The van der Waals surface area contributed by atoms with E-state index in [1.165, 1.54) is 12.1 Å². The SMILES string of the molecule is N#Cc1ccc(OC2CCC(NC(=O)Nc3ccc(C(F)(F)F)cc3)CC2)cc1. The Labute approximate surface area is 166 Å². The highest BCUT2D eigenvalue weighted by Gasteiger charge is 2.30. The largest absolute Gasteiger partial charge is 0.490 e. The first-order valence-electron chi connectivity index (χ1n) is 9.25. The van der Waals surface area contributed by atoms with E-state index in [9.17, 15) is 18.0 Å². The van der Waals surface area contributed by atoms with E-state index in [0.29, 0.717) is 17.0 Å². The molecular formula is C21H20F3N3O2. The third-order valence-corrected chi connectivity index (χ3v) is 4.77. The summed E-state index contributed by atoms with van der Waals surface area (Å²) in [5, 5.41) is 14.2. The topological polar surface area (TPSA) is 74.1 Å². The van der Waals surface area contributed by atoms with Crippen LogP contribution in [0.1, 0.15) is 36.8 Å². The average Bonchev–Trinajstić information content (AvgIpc) is 2.70. The number of benzene rings is 2. The molecule has 3 rings (SSSR count). The van der Waals surface area contributed by atoms with Gasteiger partial charge in [-0.25, -0.2) is 4.79 Å². The van der Waals surface area contributed by atoms with Crippen molar-refractivity contribution in [1.82, 2.24) is 5.32 Å². The molecule has 2 aromatic rings. The van der Waals surface area contributed by atoms with Crippen LogP contribution in [0.2, 0.25) is 0 Å². The van der Waals surface area contributed by atoms with Gasteiger partial charge in [-0.05, 0) is 74.2 Å². The predicted octanol–water partition coefficient (Wildman–Crippen LogP) is 5.09. The molecule has 0 saturated heterocycles. The molecule has 152 valence electrons. The Bertz CT molecular complexity index is 866. The monoisotopic (exact) mass is 403 g/mol. The summed E-state index contributed by atoms with van der Waals surface area (Å²) < 4.78 is 43.6. The molecule has 0 heterocycles. The summed E-state index contributed by atoms with van der Waals surface area (Å²) in [6, 6.07) is 12.8. The van der Waals surface area contributed by atoms with Gasteiger partial charge >= 0.3 is 12.2 Å². The van der Waals surface area contributed by atoms with Crippen LogP contribution in [0.15, 0.2) is 48.5 Å². The molecule has 5 nitrogen and oxygen atoms in total. The average molecular weight is 403 g/mol. The first-order chi connectivity index (χ1) is 13.8. The van der Waals surface area contributed by atoms with E-state index in [2.05, 4.69) is 16.7 Å². The Morgan fingerprint density at radius 3 is 2.17 bits per heavy atom. The van der Waals surface area contributed by atoms with E-state index in [-0.39, 0.29) is 12.1 Å². The third-order valence-electron chi connectivity index (χ3n) is 4.77. The zero-order valence-electron chi connectivity index (χ0n) is 15.5. The maximum absolute atomic E-state index is 12.6. The number of rotatable bonds is 4. The molecular weight excluding hydrogens is 383 g/mol. The van der Waals surface area contributed by atoms with Crippen molar-refractivity contribution in [3.05, 3.63) is 59.7 Å². The number of anilines is 1. The van der Waals surface area contributed by atoms with Gasteiger partial charge in [-0.1, -0.05) is 0 Å². The van der Waals surface area contributed by atoms with Crippen LogP contribution in [0.4, 0.5) is 23.7 Å². The van der Waals surface area contributed by atoms with Crippen molar-refractivity contribution in [3.8, 4) is 11.8 Å². The van der Waals surface area contributed by atoms with Crippen LogP contribution in [0, 0.1) is 11.3 Å². The van der Waals surface area contributed by atoms with Crippen molar-refractivity contribution in [2.45, 2.75) is 44.0 Å². The number of nitrogens with one attached hydrogen (secondary N) is 2. The number of carbonyl (C=O) groups is 1. The summed E-state index contributed by atoms with van der Waals surface area (Å²) in [7, 11) is 0. The summed E-state index contributed by atoms with van der Waals surface area (Å²) in [4.78, 5) is 12.1. The molecule has 2 aromatic carbocycles. The summed E-state index contributed by atoms with van der Waals surface area (Å²) in [5.74, 6) is 0.709. The first-order valence-corrected chi connectivity index (χ1v) is 9.25. The molecule has 0 atom stereocenters. The van der Waals surface area contributed by atoms with E-state index >= 15 is 0 Å². The van der Waals surface area contributed by atoms with Gasteiger partial charge in [0.05, 0.1) is 23.3 Å². The first kappa shape index (κ1) is 20.5. The van der Waals surface area contributed by atoms with E-state index in [0.717, 1.165) is 37.8 Å². The lowest BCUT2D eigenvalue weighted by Gasteiger charge is -2.29. The zero-order chi connectivity index (χ0) is 20.9. The van der Waals surface area contributed by atoms with Gasteiger partial charge in [-0.3, -0.25) is 0 Å². The van der Waals surface area contributed by atoms with Gasteiger partial charge in [0.2, 0.25) is 0 Å². The van der Waals surface area contributed by atoms with Crippen LogP contribution < -0.4 is 15.4 Å². The van der Waals surface area contributed by atoms with Crippen LogP contribution in [-0.2, 0) is 6.18 Å². The number of halogens is 3. The molecule has 2 amide bonds. The number of alkyl halides is 3. The Balaban J connectivity index is 1.43. The minimum atomic E-state index is -4.40. The van der Waals surface area contributed by atoms with Gasteiger partial charge in [0.1, 0.15) is 5.75 Å². The molecule has 0 unspecified atom stereocenters. The molecule has 1 aliphatic carbocycles. The lowest BCUT2D eigenvalue weighted by molar-refractivity contribution is -0.137. The number of carbonyl (C=O) groups excluding carboxylic acids is 1. The smallest absolute Gasteiger partial charge is 0.416 e. The second-order valence-corrected chi connectivity index (χ2v) is 6.90. The van der Waals surface area contributed by atoms with Gasteiger partial charge in [-0.2, -0.15) is 18.4 Å². The highest BCUT2D eigenvalue weighted by atomic mass is 19.4. The van der Waals surface area contributed by atoms with Gasteiger partial charge in [0.15, 0.2) is 0 Å². The molecule has 8 heteroatoms. The quantitative estimate of drug-likeness (QED) is 0.747. The number of hydrogen-bond acceptors (Lipinski definition) is 3. The third kappa shape index (κ3) is 5.88. The van der Waals surface area contributed by atoms with Crippen LogP contribution in [0.3, 0.4) is 0 Å². The number of hydrogen-bond donors (Lipinski definition) is 2. The summed E-state index contributed by atoms with van der Waals surface area (Å²) >= 11 is 0. The van der Waals surface area contributed by atoms with Crippen molar-refractivity contribution in [3.63, 3.8) is 0 Å². The molecule has 29 heavy (non-hydrogen) atoms. The van der Waals surface area contributed by atoms with Gasteiger partial charge in [-0.15, -0.1) is 0 Å². The number of urea groups is 1. The van der Waals surface area contributed by atoms with Gasteiger partial charge in [0, 0.05) is 11.7 Å². The van der Waals surface area contributed by atoms with Crippen LogP contribution in [0.25, 0.3) is 0 Å². The maximum atomic E-state index is 12.6. The molecule has 0 aromatic heterocycles. The minimum Gasteiger partial charge on any atom is -0.490 e. The van der Waals surface area contributed by atoms with Crippen molar-refractivity contribution in [2.24, 2.45) is 0 Å². The number of ether oxygens (including phenoxy) is 1. The fourth-order valence-electron chi connectivity index (χ4n) is 3.22. The standard InChI is InChI=1S/C21H20F3N3O2/c22-21(23,24)15-3-5-16(6-4-15)26-20(28)27-17-7-11-19(12-8-17)29-18-9-1-14(13-25)2-10-18/h1-6,9-10,17,19H,7-8,11-12H2,(H2,26,27,28). The molecule has 0 bridgehead atoms. The van der Waals surface area contributed by atoms with Crippen LogP contribution >= 0.6 is 0 Å². The van der Waals surface area contributed by atoms with E-state index in [1.54, 1.807) is 24.3 Å². The highest BCUT2D eigenvalue weighted by Crippen LogP contribution is 2.30. The van der Waals surface area contributed by atoms with Crippen molar-refractivity contribution in [1.29, 1.82) is 5.26 Å². The summed E-state index contributed by atoms with van der Waals surface area (Å²) in [5.41, 5.74) is 0.113. The van der Waals surface area contributed by atoms with Gasteiger partial charge < -0.3 is 15.4 Å². The van der Waals surface area contributed by atoms with Crippen molar-refractivity contribution < 1.29 is 22.7 Å². The second-order valence-electron chi connectivity index (χ2n) is 6.90. The number of amides is 2. The molecule has 0 spiro atoms. The Kier molecular flexibility index (Phi) is 6.27. The zero-order valence-corrected chi connectivity index (χ0v) is 15.5. The Morgan fingerprint density at radius 2 is 1.62 bits per heavy atom. The maximum Gasteiger partial charge on any atom is 0.416 e. The second kappa shape index (κ2) is 8.86. The minimum absolute atomic E-state index is 0.0229. The summed E-state index contributed by atoms with van der Waals surface area (Å²) in [6.45, 7) is 0. The lowest BCUT2D eigenvalue weighted by atomic mass is 9.93. The molecule has 0 radical (unpaired) electrons. The molecule has 1 aliphatic rings. The van der Waals surface area contributed by atoms with Crippen molar-refractivity contribution >= 4 is 11.7 Å². The Hall–Kier alpha value is -3.21. The van der Waals surface area contributed by atoms with E-state index < -0.39 is 17.8 Å². The van der Waals surface area contributed by atoms with E-state index in [4.69, 9.17) is 10.00 Å². The van der Waals surface area contributed by atoms with Crippen molar-refractivity contribution in [2.75, 3.05) is 5.32 Å². The fraction of sp³-hybridized carbons (Fsp3) is 0.333. The number of nitriles is 1. The molecule has 0 aliphatic heterocycles. The molecule has 1 saturated carbocycles. The molecule has 2 N–H and O–H groups in total. The fourth-order valence-corrected chi connectivity index (χ4v) is 3.22. The highest BCUT2D eigenvalue weighted by molar-refractivity contribution is 5.89. The normalized spacial score (nSPS) is 19.1. The summed E-state index contributed by atoms with van der Waals surface area (Å²) in [6.07, 6.45) is -1.35. The van der Waals surface area contributed by atoms with Gasteiger partial charge in [0.25, 0.3) is 0 Å². The Morgan fingerprint density at radius 1 is 1.00 bits per heavy atom. The molecule has 1 fully saturated rings. The lowest BCUT2D eigenvalue weighted by Crippen LogP contribution is -2.41. The predicted molar refractivity (Wildman–Crippen MR) is 101 cm³/mol. The van der Waals surface area contributed by atoms with Crippen LogP contribution in [0.5, 0.6) is 5.75 Å². The van der Waals surface area contributed by atoms with E-state index in [1.807, 2.05) is 0 Å². The number of nitrogens with zero attached hydrogens (tertiary/aromatic N) is 1.